The average molecular weight is 488 g/mol. The predicted molar refractivity (Wildman–Crippen MR) is 130 cm³/mol. The van der Waals surface area contributed by atoms with Gasteiger partial charge in [0.05, 0.1) is 31.0 Å². The van der Waals surface area contributed by atoms with Crippen LogP contribution in [0, 0.1) is 13.8 Å². The minimum absolute atomic E-state index is 0.0449. The zero-order valence-corrected chi connectivity index (χ0v) is 20.4. The number of benzene rings is 2. The Hall–Kier alpha value is -3.37. The number of ether oxygens (including phenoxy) is 2. The molecule has 0 aliphatic rings. The fourth-order valence-corrected chi connectivity index (χ4v) is 5.18. The zero-order chi connectivity index (χ0) is 24.0. The van der Waals surface area contributed by atoms with E-state index in [9.17, 15) is 13.2 Å². The molecule has 3 rings (SSSR count). The van der Waals surface area contributed by atoms with Crippen LogP contribution in [0.5, 0.6) is 11.5 Å². The highest BCUT2D eigenvalue weighted by Crippen LogP contribution is 2.35. The second kappa shape index (κ2) is 10.5. The number of amides is 1. The summed E-state index contributed by atoms with van der Waals surface area (Å²) >= 11 is 1.49. The summed E-state index contributed by atoms with van der Waals surface area (Å²) in [5, 5.41) is 5.89. The third kappa shape index (κ3) is 5.71. The van der Waals surface area contributed by atoms with Gasteiger partial charge in [0, 0.05) is 10.9 Å². The van der Waals surface area contributed by atoms with Crippen LogP contribution in [0.1, 0.15) is 16.0 Å². The molecular weight excluding hydrogens is 462 g/mol. The number of nitrogens with one attached hydrogen (secondary N) is 1. The van der Waals surface area contributed by atoms with Crippen molar-refractivity contribution in [2.75, 3.05) is 25.1 Å². The number of hydrazone groups is 1. The summed E-state index contributed by atoms with van der Waals surface area (Å²) < 4.78 is 38.8. The molecule has 0 aliphatic heterocycles. The molecule has 174 valence electrons. The van der Waals surface area contributed by atoms with E-state index in [0.717, 1.165) is 20.3 Å². The topological polar surface area (TPSA) is 97.3 Å². The third-order valence-corrected chi connectivity index (χ3v) is 7.55. The summed E-state index contributed by atoms with van der Waals surface area (Å²) in [5.74, 6) is 0.0829. The van der Waals surface area contributed by atoms with Gasteiger partial charge in [-0.1, -0.05) is 17.7 Å². The van der Waals surface area contributed by atoms with E-state index in [-0.39, 0.29) is 16.3 Å². The van der Waals surface area contributed by atoms with Gasteiger partial charge in [-0.05, 0) is 55.1 Å². The van der Waals surface area contributed by atoms with Crippen molar-refractivity contribution in [3.8, 4) is 11.5 Å². The smallest absolute Gasteiger partial charge is 0.264 e. The van der Waals surface area contributed by atoms with Crippen LogP contribution >= 0.6 is 11.3 Å². The molecule has 0 atom stereocenters. The maximum atomic E-state index is 13.6. The monoisotopic (exact) mass is 487 g/mol. The van der Waals surface area contributed by atoms with Crippen molar-refractivity contribution in [2.24, 2.45) is 5.10 Å². The van der Waals surface area contributed by atoms with Gasteiger partial charge >= 0.3 is 0 Å². The molecule has 0 radical (unpaired) electrons. The fraction of sp³-hybridized carbons (Fsp3) is 0.217. The summed E-state index contributed by atoms with van der Waals surface area (Å²) in [7, 11) is -1.21. The average Bonchev–Trinajstić information content (AvgIpc) is 3.21. The minimum Gasteiger partial charge on any atom is -0.497 e. The van der Waals surface area contributed by atoms with Gasteiger partial charge in [0.1, 0.15) is 18.0 Å². The van der Waals surface area contributed by atoms with Crippen molar-refractivity contribution in [1.29, 1.82) is 0 Å². The SMILES string of the molecule is COc1ccc(OC)c(N(CC(=O)N/N=C\c2sccc2C)S(=O)(=O)c2ccc(C)cc2)c1. The van der Waals surface area contributed by atoms with E-state index in [2.05, 4.69) is 10.5 Å². The number of rotatable bonds is 9. The summed E-state index contributed by atoms with van der Waals surface area (Å²) in [6, 6.07) is 13.1. The maximum Gasteiger partial charge on any atom is 0.264 e. The Bertz CT molecular complexity index is 1250. The molecular formula is C23H25N3O5S2. The van der Waals surface area contributed by atoms with E-state index in [4.69, 9.17) is 9.47 Å². The molecule has 10 heteroatoms. The summed E-state index contributed by atoms with van der Waals surface area (Å²) in [4.78, 5) is 13.7. The standard InChI is InChI=1S/C23H25N3O5S2/c1-16-5-8-19(9-6-16)33(28,29)26(20-13-18(30-3)7-10-21(20)31-4)15-23(27)25-24-14-22-17(2)11-12-32-22/h5-14H,15H2,1-4H3,(H,25,27)/b24-14-. The van der Waals surface area contributed by atoms with Gasteiger partial charge in [0.15, 0.2) is 0 Å². The Balaban J connectivity index is 1.97. The van der Waals surface area contributed by atoms with Crippen molar-refractivity contribution in [1.82, 2.24) is 5.43 Å². The number of carbonyl (C=O) groups excluding carboxylic acids is 1. The predicted octanol–water partition coefficient (Wildman–Crippen LogP) is 3.73. The molecule has 33 heavy (non-hydrogen) atoms. The zero-order valence-electron chi connectivity index (χ0n) is 18.7. The fourth-order valence-electron chi connectivity index (χ4n) is 2.97. The van der Waals surface area contributed by atoms with Crippen LogP contribution in [0.15, 0.2) is 63.9 Å². The van der Waals surface area contributed by atoms with Crippen molar-refractivity contribution in [2.45, 2.75) is 18.7 Å². The van der Waals surface area contributed by atoms with Gasteiger partial charge in [-0.3, -0.25) is 9.10 Å². The van der Waals surface area contributed by atoms with Crippen LogP contribution in [0.25, 0.3) is 0 Å². The van der Waals surface area contributed by atoms with Gasteiger partial charge in [-0.25, -0.2) is 13.8 Å². The van der Waals surface area contributed by atoms with Crippen molar-refractivity contribution in [3.05, 3.63) is 69.9 Å². The molecule has 1 heterocycles. The van der Waals surface area contributed by atoms with Crippen molar-refractivity contribution in [3.63, 3.8) is 0 Å². The molecule has 8 nitrogen and oxygen atoms in total. The minimum atomic E-state index is -4.11. The molecule has 1 N–H and O–H groups in total. The molecule has 0 unspecified atom stereocenters. The molecule has 3 aromatic rings. The van der Waals surface area contributed by atoms with E-state index < -0.39 is 22.5 Å². The third-order valence-electron chi connectivity index (χ3n) is 4.82. The van der Waals surface area contributed by atoms with Gasteiger partial charge in [0.2, 0.25) is 0 Å². The lowest BCUT2D eigenvalue weighted by Gasteiger charge is -2.25. The molecule has 0 spiro atoms. The lowest BCUT2D eigenvalue weighted by Crippen LogP contribution is -2.39. The van der Waals surface area contributed by atoms with E-state index in [1.807, 2.05) is 25.3 Å². The first-order valence-electron chi connectivity index (χ1n) is 9.93. The van der Waals surface area contributed by atoms with Gasteiger partial charge in [0.25, 0.3) is 15.9 Å². The van der Waals surface area contributed by atoms with Crippen LogP contribution in [0.2, 0.25) is 0 Å². The molecule has 1 aromatic heterocycles. The quantitative estimate of drug-likeness (QED) is 0.366. The van der Waals surface area contributed by atoms with Crippen molar-refractivity contribution >= 4 is 39.2 Å². The Morgan fingerprint density at radius 2 is 1.82 bits per heavy atom. The van der Waals surface area contributed by atoms with Gasteiger partial charge in [-0.2, -0.15) is 5.10 Å². The second-order valence-electron chi connectivity index (χ2n) is 7.12. The molecule has 2 aromatic carbocycles. The molecule has 1 amide bonds. The number of thiophene rings is 1. The number of hydrogen-bond donors (Lipinski definition) is 1. The van der Waals surface area contributed by atoms with E-state index in [0.29, 0.717) is 5.75 Å². The number of methoxy groups -OCH3 is 2. The number of carbonyl (C=O) groups is 1. The first-order valence-corrected chi connectivity index (χ1v) is 12.3. The Kier molecular flexibility index (Phi) is 7.72. The summed E-state index contributed by atoms with van der Waals surface area (Å²) in [6.07, 6.45) is 1.53. The van der Waals surface area contributed by atoms with Gasteiger partial charge in [-0.15, -0.1) is 11.3 Å². The molecule has 0 saturated carbocycles. The molecule has 0 fully saturated rings. The number of sulfonamides is 1. The highest BCUT2D eigenvalue weighted by Gasteiger charge is 2.30. The Labute approximate surface area is 197 Å². The van der Waals surface area contributed by atoms with Crippen LogP contribution in [0.4, 0.5) is 5.69 Å². The van der Waals surface area contributed by atoms with E-state index >= 15 is 0 Å². The second-order valence-corrected chi connectivity index (χ2v) is 9.93. The summed E-state index contributed by atoms with van der Waals surface area (Å²) in [6.45, 7) is 3.28. The van der Waals surface area contributed by atoms with E-state index in [1.165, 1.54) is 50.0 Å². The molecule has 0 saturated heterocycles. The molecule has 0 bridgehead atoms. The van der Waals surface area contributed by atoms with Crippen LogP contribution < -0.4 is 19.2 Å². The Morgan fingerprint density at radius 1 is 1.09 bits per heavy atom. The first kappa shape index (κ1) is 24.3. The number of aryl methyl sites for hydroxylation is 2. The largest absolute Gasteiger partial charge is 0.497 e. The van der Waals surface area contributed by atoms with Gasteiger partial charge < -0.3 is 9.47 Å². The highest BCUT2D eigenvalue weighted by molar-refractivity contribution is 7.92. The lowest BCUT2D eigenvalue weighted by molar-refractivity contribution is -0.119. The number of nitrogens with zero attached hydrogens (tertiary/aromatic N) is 2. The van der Waals surface area contributed by atoms with Crippen LogP contribution in [0.3, 0.4) is 0 Å². The maximum absolute atomic E-state index is 13.6. The van der Waals surface area contributed by atoms with E-state index in [1.54, 1.807) is 24.3 Å². The number of anilines is 1. The lowest BCUT2D eigenvalue weighted by atomic mass is 10.2. The first-order chi connectivity index (χ1) is 15.8. The number of hydrogen-bond acceptors (Lipinski definition) is 7. The molecule has 0 aliphatic carbocycles. The van der Waals surface area contributed by atoms with Crippen molar-refractivity contribution < 1.29 is 22.7 Å². The Morgan fingerprint density at radius 3 is 2.42 bits per heavy atom. The van der Waals surface area contributed by atoms with Crippen LogP contribution in [-0.2, 0) is 14.8 Å². The van der Waals surface area contributed by atoms with Crippen LogP contribution in [-0.4, -0.2) is 41.3 Å². The normalized spacial score (nSPS) is 11.4. The highest BCUT2D eigenvalue weighted by atomic mass is 32.2. The summed E-state index contributed by atoms with van der Waals surface area (Å²) in [5.41, 5.74) is 4.52.